The number of fused-ring (bicyclic) bond motifs is 5. The molecule has 0 radical (unpaired) electrons. The average Bonchev–Trinajstić information content (AvgIpc) is 3.10. The second-order valence-electron chi connectivity index (χ2n) is 10.2. The van der Waals surface area contributed by atoms with Gasteiger partial charge in [0.1, 0.15) is 6.61 Å². The van der Waals surface area contributed by atoms with Gasteiger partial charge in [0.25, 0.3) is 0 Å². The van der Waals surface area contributed by atoms with E-state index in [0.717, 1.165) is 25.2 Å². The smallest absolute Gasteiger partial charge is 0.410 e. The largest absolute Gasteiger partial charge is 0.448 e. The maximum Gasteiger partial charge on any atom is 0.410 e. The summed E-state index contributed by atoms with van der Waals surface area (Å²) in [5.74, 6) is 0.883. The number of carbonyl (C=O) groups excluding carboxylic acids is 1. The van der Waals surface area contributed by atoms with E-state index < -0.39 is 0 Å². The van der Waals surface area contributed by atoms with Crippen molar-refractivity contribution in [2.24, 2.45) is 5.92 Å². The zero-order valence-electron chi connectivity index (χ0n) is 19.4. The van der Waals surface area contributed by atoms with E-state index in [1.165, 1.54) is 47.9 Å². The van der Waals surface area contributed by atoms with Crippen molar-refractivity contribution in [2.45, 2.75) is 76.8 Å². The molecule has 2 atom stereocenters. The van der Waals surface area contributed by atoms with Crippen LogP contribution in [0.1, 0.15) is 75.8 Å². The van der Waals surface area contributed by atoms with Gasteiger partial charge in [-0.3, -0.25) is 4.90 Å². The van der Waals surface area contributed by atoms with Crippen molar-refractivity contribution >= 4 is 6.09 Å². The molecule has 2 heterocycles. The Balaban J connectivity index is 1.27. The molecule has 0 N–H and O–H groups in total. The molecule has 3 aliphatic rings. The van der Waals surface area contributed by atoms with E-state index in [9.17, 15) is 4.79 Å². The monoisotopic (exact) mass is 429 g/mol. The van der Waals surface area contributed by atoms with Gasteiger partial charge in [0.15, 0.2) is 0 Å². The van der Waals surface area contributed by atoms with Crippen LogP contribution in [0.5, 0.6) is 0 Å². The van der Waals surface area contributed by atoms with E-state index in [1.807, 2.05) is 0 Å². The zero-order chi connectivity index (χ0) is 22.1. The van der Waals surface area contributed by atoms with Gasteiger partial charge in [-0.1, -0.05) is 80.4 Å². The standard InChI is InChI=1S/C29H35NO2/c1-20(2)9-7-10-21-17-22-11-8-12-23(18-21)30(22)29(31)32-19-28-26-15-5-3-13-24(26)25-14-4-6-16-27(25)28/h3-6,13-17,20,22-23,28H,7-12,18-19H2,1-2H3. The van der Waals surface area contributed by atoms with Crippen LogP contribution in [-0.2, 0) is 4.74 Å². The molecule has 1 fully saturated rings. The van der Waals surface area contributed by atoms with E-state index in [0.29, 0.717) is 12.6 Å². The molecule has 32 heavy (non-hydrogen) atoms. The van der Waals surface area contributed by atoms with E-state index in [4.69, 9.17) is 4.74 Å². The lowest BCUT2D eigenvalue weighted by Gasteiger charge is -2.44. The summed E-state index contributed by atoms with van der Waals surface area (Å²) in [6.45, 7) is 5.00. The first-order chi connectivity index (χ1) is 15.6. The van der Waals surface area contributed by atoms with E-state index >= 15 is 0 Å². The minimum absolute atomic E-state index is 0.123. The Labute approximate surface area is 192 Å². The van der Waals surface area contributed by atoms with Gasteiger partial charge in [-0.2, -0.15) is 0 Å². The Bertz CT molecular complexity index is 962. The lowest BCUT2D eigenvalue weighted by molar-refractivity contribution is 0.0507. The molecule has 1 saturated heterocycles. The normalized spacial score (nSPS) is 21.8. The van der Waals surface area contributed by atoms with Gasteiger partial charge in [0.2, 0.25) is 0 Å². The quantitative estimate of drug-likeness (QED) is 0.450. The molecule has 2 aliphatic heterocycles. The lowest BCUT2D eigenvalue weighted by Crippen LogP contribution is -2.52. The Hall–Kier alpha value is -2.55. The number of piperidine rings is 1. The zero-order valence-corrected chi connectivity index (χ0v) is 19.4. The number of rotatable bonds is 6. The minimum Gasteiger partial charge on any atom is -0.448 e. The summed E-state index contributed by atoms with van der Waals surface area (Å²) in [6.07, 6.45) is 10.4. The fourth-order valence-corrected chi connectivity index (χ4v) is 5.99. The highest BCUT2D eigenvalue weighted by atomic mass is 16.6. The third kappa shape index (κ3) is 4.10. The molecule has 3 nitrogen and oxygen atoms in total. The number of ether oxygens (including phenoxy) is 1. The number of carbonyl (C=O) groups is 1. The molecule has 2 aromatic rings. The summed E-state index contributed by atoms with van der Waals surface area (Å²) >= 11 is 0. The molecule has 2 unspecified atom stereocenters. The highest BCUT2D eigenvalue weighted by Gasteiger charge is 2.38. The van der Waals surface area contributed by atoms with Crippen molar-refractivity contribution in [1.82, 2.24) is 4.90 Å². The fraction of sp³-hybridized carbons (Fsp3) is 0.483. The summed E-state index contributed by atoms with van der Waals surface area (Å²) in [5, 5.41) is 0. The first kappa shape index (κ1) is 21.3. The van der Waals surface area contributed by atoms with Crippen molar-refractivity contribution in [3.63, 3.8) is 0 Å². The molecule has 1 amide bonds. The molecule has 0 spiro atoms. The number of nitrogens with zero attached hydrogens (tertiary/aromatic N) is 1. The molecule has 0 saturated carbocycles. The second-order valence-corrected chi connectivity index (χ2v) is 10.2. The van der Waals surface area contributed by atoms with Gasteiger partial charge in [0, 0.05) is 12.0 Å². The molecule has 0 aromatic heterocycles. The summed E-state index contributed by atoms with van der Waals surface area (Å²) in [7, 11) is 0. The van der Waals surface area contributed by atoms with Crippen LogP contribution in [0, 0.1) is 5.92 Å². The van der Waals surface area contributed by atoms with Gasteiger partial charge in [-0.15, -0.1) is 0 Å². The van der Waals surface area contributed by atoms with Crippen LogP contribution in [0.3, 0.4) is 0 Å². The molecule has 2 bridgehead atoms. The van der Waals surface area contributed by atoms with Crippen molar-refractivity contribution in [3.8, 4) is 11.1 Å². The van der Waals surface area contributed by atoms with Crippen LogP contribution in [0.4, 0.5) is 4.79 Å². The summed E-state index contributed by atoms with van der Waals surface area (Å²) in [4.78, 5) is 15.3. The van der Waals surface area contributed by atoms with E-state index in [2.05, 4.69) is 73.4 Å². The van der Waals surface area contributed by atoms with Crippen molar-refractivity contribution in [3.05, 3.63) is 71.3 Å². The Morgan fingerprint density at radius 1 is 1.03 bits per heavy atom. The Kier molecular flexibility index (Phi) is 6.08. The lowest BCUT2D eigenvalue weighted by atomic mass is 9.83. The highest BCUT2D eigenvalue weighted by Crippen LogP contribution is 2.45. The second kappa shape index (κ2) is 9.13. The van der Waals surface area contributed by atoms with Crippen LogP contribution >= 0.6 is 0 Å². The van der Waals surface area contributed by atoms with Crippen LogP contribution in [0.15, 0.2) is 60.2 Å². The van der Waals surface area contributed by atoms with Crippen molar-refractivity contribution in [1.29, 1.82) is 0 Å². The van der Waals surface area contributed by atoms with Crippen LogP contribution in [-0.4, -0.2) is 29.7 Å². The summed E-state index contributed by atoms with van der Waals surface area (Å²) < 4.78 is 6.02. The molecular weight excluding hydrogens is 394 g/mol. The van der Waals surface area contributed by atoms with Crippen molar-refractivity contribution < 1.29 is 9.53 Å². The van der Waals surface area contributed by atoms with Gasteiger partial charge in [-0.25, -0.2) is 4.79 Å². The molecule has 3 heteroatoms. The number of hydrogen-bond acceptors (Lipinski definition) is 2. The molecule has 168 valence electrons. The molecule has 5 rings (SSSR count). The summed E-state index contributed by atoms with van der Waals surface area (Å²) in [5.41, 5.74) is 6.64. The Morgan fingerprint density at radius 3 is 2.38 bits per heavy atom. The molecule has 1 aliphatic carbocycles. The van der Waals surface area contributed by atoms with E-state index in [1.54, 1.807) is 5.57 Å². The molecule has 2 aromatic carbocycles. The maximum absolute atomic E-state index is 13.3. The van der Waals surface area contributed by atoms with Crippen molar-refractivity contribution in [2.75, 3.05) is 6.61 Å². The average molecular weight is 430 g/mol. The predicted molar refractivity (Wildman–Crippen MR) is 130 cm³/mol. The first-order valence-electron chi connectivity index (χ1n) is 12.4. The first-order valence-corrected chi connectivity index (χ1v) is 12.4. The SMILES string of the molecule is CC(C)CCCC1=CC2CCCC(C1)N2C(=O)OCC1c2ccccc2-c2ccccc21. The maximum atomic E-state index is 13.3. The van der Waals surface area contributed by atoms with Gasteiger partial charge < -0.3 is 4.74 Å². The van der Waals surface area contributed by atoms with Crippen LogP contribution in [0.2, 0.25) is 0 Å². The van der Waals surface area contributed by atoms with Crippen LogP contribution < -0.4 is 0 Å². The highest BCUT2D eigenvalue weighted by molar-refractivity contribution is 5.79. The number of amides is 1. The third-order valence-corrected chi connectivity index (χ3v) is 7.54. The predicted octanol–water partition coefficient (Wildman–Crippen LogP) is 7.32. The van der Waals surface area contributed by atoms with E-state index in [-0.39, 0.29) is 18.1 Å². The topological polar surface area (TPSA) is 29.5 Å². The van der Waals surface area contributed by atoms with Gasteiger partial charge in [-0.05, 0) is 66.7 Å². The fourth-order valence-electron chi connectivity index (χ4n) is 5.99. The Morgan fingerprint density at radius 2 is 1.72 bits per heavy atom. The van der Waals surface area contributed by atoms with Crippen LogP contribution in [0.25, 0.3) is 11.1 Å². The third-order valence-electron chi connectivity index (χ3n) is 7.54. The van der Waals surface area contributed by atoms with Gasteiger partial charge >= 0.3 is 6.09 Å². The van der Waals surface area contributed by atoms with Gasteiger partial charge in [0.05, 0.1) is 6.04 Å². The molecular formula is C29H35NO2. The number of hydrogen-bond donors (Lipinski definition) is 0. The summed E-state index contributed by atoms with van der Waals surface area (Å²) in [6, 6.07) is 17.6. The number of benzene rings is 2. The minimum atomic E-state index is -0.126.